The number of thioether (sulfide) groups is 1. The Morgan fingerprint density at radius 3 is 2.89 bits per heavy atom. The highest BCUT2D eigenvalue weighted by Crippen LogP contribution is 2.29. The molecule has 0 bridgehead atoms. The first-order chi connectivity index (χ1) is 13.7. The zero-order valence-electron chi connectivity index (χ0n) is 15.8. The summed E-state index contributed by atoms with van der Waals surface area (Å²) in [4.78, 5) is 23.1. The fourth-order valence-electron chi connectivity index (χ4n) is 4.07. The maximum Gasteiger partial charge on any atom is 0.233 e. The number of nitrogens with one attached hydrogen (secondary N) is 1. The van der Waals surface area contributed by atoms with Crippen molar-refractivity contribution in [1.29, 1.82) is 0 Å². The van der Waals surface area contributed by atoms with Crippen LogP contribution < -0.4 is 0 Å². The molecule has 3 heterocycles. The van der Waals surface area contributed by atoms with E-state index in [-0.39, 0.29) is 5.91 Å². The van der Waals surface area contributed by atoms with E-state index in [2.05, 4.69) is 40.7 Å². The minimum Gasteiger partial charge on any atom is -0.358 e. The molecule has 0 fully saturated rings. The first-order valence-electron chi connectivity index (χ1n) is 9.69. The highest BCUT2D eigenvalue weighted by molar-refractivity contribution is 7.99. The van der Waals surface area contributed by atoms with E-state index >= 15 is 0 Å². The van der Waals surface area contributed by atoms with Gasteiger partial charge in [-0.3, -0.25) is 4.79 Å². The van der Waals surface area contributed by atoms with Gasteiger partial charge in [-0.15, -0.1) is 0 Å². The number of fused-ring (bicyclic) bond motifs is 4. The van der Waals surface area contributed by atoms with Gasteiger partial charge < -0.3 is 14.5 Å². The highest BCUT2D eigenvalue weighted by atomic mass is 32.2. The van der Waals surface area contributed by atoms with Crippen LogP contribution in [0.3, 0.4) is 0 Å². The molecule has 0 atom stereocenters. The van der Waals surface area contributed by atoms with E-state index in [1.165, 1.54) is 28.4 Å². The number of imidazole rings is 1. The second kappa shape index (κ2) is 7.02. The number of nitrogens with zero attached hydrogens (tertiary/aromatic N) is 3. The van der Waals surface area contributed by atoms with Crippen molar-refractivity contribution in [3.05, 3.63) is 59.8 Å². The van der Waals surface area contributed by atoms with Crippen LogP contribution >= 0.6 is 11.8 Å². The fourth-order valence-corrected chi connectivity index (χ4v) is 5.05. The summed E-state index contributed by atoms with van der Waals surface area (Å²) < 4.78 is 2.18. The van der Waals surface area contributed by atoms with E-state index in [1.807, 2.05) is 29.2 Å². The number of amides is 1. The van der Waals surface area contributed by atoms with Gasteiger partial charge in [-0.05, 0) is 25.1 Å². The molecule has 1 aliphatic heterocycles. The van der Waals surface area contributed by atoms with Crippen molar-refractivity contribution in [2.45, 2.75) is 31.6 Å². The minimum atomic E-state index is 0.177. The van der Waals surface area contributed by atoms with Crippen molar-refractivity contribution in [2.24, 2.45) is 0 Å². The van der Waals surface area contributed by atoms with Crippen molar-refractivity contribution < 1.29 is 4.79 Å². The summed E-state index contributed by atoms with van der Waals surface area (Å²) in [5.41, 5.74) is 5.81. The van der Waals surface area contributed by atoms with Crippen LogP contribution in [0.4, 0.5) is 0 Å². The van der Waals surface area contributed by atoms with E-state index < -0.39 is 0 Å². The Labute approximate surface area is 167 Å². The Balaban J connectivity index is 1.33. The van der Waals surface area contributed by atoms with Crippen molar-refractivity contribution >= 4 is 39.6 Å². The molecule has 28 heavy (non-hydrogen) atoms. The van der Waals surface area contributed by atoms with Gasteiger partial charge in [0.25, 0.3) is 0 Å². The maximum absolute atomic E-state index is 12.9. The summed E-state index contributed by atoms with van der Waals surface area (Å²) in [6.45, 7) is 4.41. The van der Waals surface area contributed by atoms with Gasteiger partial charge in [0, 0.05) is 48.2 Å². The lowest BCUT2D eigenvalue weighted by Crippen LogP contribution is -2.36. The van der Waals surface area contributed by atoms with Crippen molar-refractivity contribution in [3.8, 4) is 0 Å². The Hall–Kier alpha value is -2.73. The van der Waals surface area contributed by atoms with E-state index in [0.29, 0.717) is 12.3 Å². The lowest BCUT2D eigenvalue weighted by atomic mass is 10.0. The summed E-state index contributed by atoms with van der Waals surface area (Å²) in [5.74, 6) is 0.594. The largest absolute Gasteiger partial charge is 0.358 e. The number of rotatable bonds is 4. The number of benzene rings is 2. The van der Waals surface area contributed by atoms with Crippen LogP contribution in [-0.4, -0.2) is 37.6 Å². The second-order valence-corrected chi connectivity index (χ2v) is 8.05. The molecule has 1 amide bonds. The zero-order chi connectivity index (χ0) is 19.1. The molecule has 6 heteroatoms. The van der Waals surface area contributed by atoms with Gasteiger partial charge in [-0.25, -0.2) is 4.98 Å². The molecular formula is C22H22N4OS. The van der Waals surface area contributed by atoms with Gasteiger partial charge in [0.15, 0.2) is 5.16 Å². The Bertz CT molecular complexity index is 1180. The zero-order valence-corrected chi connectivity index (χ0v) is 16.6. The number of aromatic amines is 1. The monoisotopic (exact) mass is 390 g/mol. The fraction of sp³-hybridized carbons (Fsp3) is 0.273. The molecule has 0 saturated heterocycles. The van der Waals surface area contributed by atoms with Gasteiger partial charge in [-0.1, -0.05) is 42.1 Å². The van der Waals surface area contributed by atoms with Crippen LogP contribution in [-0.2, 0) is 24.3 Å². The van der Waals surface area contributed by atoms with Gasteiger partial charge in [0.05, 0.1) is 16.8 Å². The number of aryl methyl sites for hydroxylation is 1. The van der Waals surface area contributed by atoms with Crippen LogP contribution in [0.15, 0.2) is 53.7 Å². The first-order valence-corrected chi connectivity index (χ1v) is 10.7. The molecule has 142 valence electrons. The molecular weight excluding hydrogens is 368 g/mol. The van der Waals surface area contributed by atoms with E-state index in [1.54, 1.807) is 0 Å². The molecule has 0 saturated carbocycles. The number of carbonyl (C=O) groups excluding carboxylic acids is 1. The minimum absolute atomic E-state index is 0.177. The Kier molecular flexibility index (Phi) is 4.36. The van der Waals surface area contributed by atoms with Crippen molar-refractivity contribution in [3.63, 3.8) is 0 Å². The number of hydrogen-bond donors (Lipinski definition) is 1. The number of hydrogen-bond acceptors (Lipinski definition) is 3. The predicted octanol–water partition coefficient (Wildman–Crippen LogP) is 4.21. The molecule has 2 aromatic heterocycles. The molecule has 0 spiro atoms. The molecule has 1 aliphatic rings. The molecule has 0 radical (unpaired) electrons. The van der Waals surface area contributed by atoms with Crippen molar-refractivity contribution in [1.82, 2.24) is 19.4 Å². The maximum atomic E-state index is 12.9. The summed E-state index contributed by atoms with van der Waals surface area (Å²) in [5, 5.41) is 2.15. The highest BCUT2D eigenvalue weighted by Gasteiger charge is 2.24. The van der Waals surface area contributed by atoms with Gasteiger partial charge in [0.1, 0.15) is 0 Å². The lowest BCUT2D eigenvalue weighted by molar-refractivity contribution is -0.129. The average Bonchev–Trinajstić information content (AvgIpc) is 3.29. The standard InChI is InChI=1S/C22H22N4OS/c1-2-26-20-10-6-5-9-19(20)24-22(26)28-14-21(27)25-12-11-18-16(13-25)15-7-3-4-8-17(15)23-18/h3-10,23H,2,11-14H2,1H3. The smallest absolute Gasteiger partial charge is 0.233 e. The molecule has 1 N–H and O–H groups in total. The summed E-state index contributed by atoms with van der Waals surface area (Å²) >= 11 is 1.54. The van der Waals surface area contributed by atoms with E-state index in [0.717, 1.165) is 41.2 Å². The van der Waals surface area contributed by atoms with Gasteiger partial charge in [-0.2, -0.15) is 0 Å². The van der Waals surface area contributed by atoms with Crippen LogP contribution in [0.25, 0.3) is 21.9 Å². The average molecular weight is 391 g/mol. The van der Waals surface area contributed by atoms with E-state index in [9.17, 15) is 4.79 Å². The molecule has 2 aromatic carbocycles. The van der Waals surface area contributed by atoms with Crippen molar-refractivity contribution in [2.75, 3.05) is 12.3 Å². The molecule has 4 aromatic rings. The van der Waals surface area contributed by atoms with Crippen LogP contribution in [0.2, 0.25) is 0 Å². The number of aromatic nitrogens is 3. The van der Waals surface area contributed by atoms with Crippen LogP contribution in [0.5, 0.6) is 0 Å². The number of carbonyl (C=O) groups is 1. The Morgan fingerprint density at radius 2 is 2.00 bits per heavy atom. The number of para-hydroxylation sites is 3. The molecule has 0 aliphatic carbocycles. The first kappa shape index (κ1) is 17.4. The topological polar surface area (TPSA) is 53.9 Å². The third-order valence-electron chi connectivity index (χ3n) is 5.50. The summed E-state index contributed by atoms with van der Waals surface area (Å²) in [6, 6.07) is 16.5. The van der Waals surface area contributed by atoms with Gasteiger partial charge >= 0.3 is 0 Å². The van der Waals surface area contributed by atoms with Gasteiger partial charge in [0.2, 0.25) is 5.91 Å². The van der Waals surface area contributed by atoms with Crippen LogP contribution in [0.1, 0.15) is 18.2 Å². The molecule has 5 rings (SSSR count). The number of H-pyrrole nitrogens is 1. The lowest BCUT2D eigenvalue weighted by Gasteiger charge is -2.27. The third-order valence-corrected chi connectivity index (χ3v) is 6.46. The molecule has 0 unspecified atom stereocenters. The molecule has 5 nitrogen and oxygen atoms in total. The summed E-state index contributed by atoms with van der Waals surface area (Å²) in [7, 11) is 0. The summed E-state index contributed by atoms with van der Waals surface area (Å²) in [6.07, 6.45) is 0.883. The second-order valence-electron chi connectivity index (χ2n) is 7.11. The Morgan fingerprint density at radius 1 is 1.18 bits per heavy atom. The third kappa shape index (κ3) is 2.88. The quantitative estimate of drug-likeness (QED) is 0.531. The van der Waals surface area contributed by atoms with E-state index in [4.69, 9.17) is 4.98 Å². The predicted molar refractivity (Wildman–Crippen MR) is 114 cm³/mol. The van der Waals surface area contributed by atoms with Crippen LogP contribution in [0, 0.1) is 0 Å². The SMILES string of the molecule is CCn1c(SCC(=O)N2CCc3[nH]c4ccccc4c3C2)nc2ccccc21. The normalized spacial score (nSPS) is 14.0.